The van der Waals surface area contributed by atoms with Gasteiger partial charge in [0.2, 0.25) is 5.88 Å². The summed E-state index contributed by atoms with van der Waals surface area (Å²) >= 11 is 5.89. The van der Waals surface area contributed by atoms with Crippen LogP contribution in [0.1, 0.15) is 0 Å². The van der Waals surface area contributed by atoms with Crippen LogP contribution in [0, 0.1) is 0 Å². The van der Waals surface area contributed by atoms with E-state index in [-0.39, 0.29) is 0 Å². The molecule has 94 valence electrons. The van der Waals surface area contributed by atoms with Crippen molar-refractivity contribution in [2.75, 3.05) is 5.73 Å². The first-order valence-electron chi connectivity index (χ1n) is 5.82. The maximum atomic E-state index is 5.89. The quantitative estimate of drug-likeness (QED) is 0.757. The maximum Gasteiger partial charge on any atom is 0.230 e. The Hall–Kier alpha value is -2.26. The molecule has 0 fully saturated rings. The molecule has 3 nitrogen and oxygen atoms in total. The van der Waals surface area contributed by atoms with Gasteiger partial charge in [-0.25, -0.2) is 0 Å². The Balaban J connectivity index is 2.16. The van der Waals surface area contributed by atoms with Gasteiger partial charge >= 0.3 is 0 Å². The van der Waals surface area contributed by atoms with Crippen molar-refractivity contribution in [3.05, 3.63) is 59.6 Å². The Morgan fingerprint density at radius 3 is 2.26 bits per heavy atom. The van der Waals surface area contributed by atoms with E-state index < -0.39 is 0 Å². The summed E-state index contributed by atoms with van der Waals surface area (Å²) in [5.41, 5.74) is 9.31. The predicted molar refractivity (Wildman–Crippen MR) is 76.8 cm³/mol. The molecule has 0 aliphatic carbocycles. The highest BCUT2D eigenvalue weighted by Crippen LogP contribution is 2.36. The van der Waals surface area contributed by atoms with Crippen LogP contribution in [0.4, 0.5) is 5.88 Å². The Bertz CT molecular complexity index is 690. The Morgan fingerprint density at radius 2 is 1.58 bits per heavy atom. The molecule has 0 saturated carbocycles. The van der Waals surface area contributed by atoms with Gasteiger partial charge in [0.15, 0.2) is 0 Å². The molecule has 0 saturated heterocycles. The van der Waals surface area contributed by atoms with E-state index in [2.05, 4.69) is 5.16 Å². The number of nitrogens with zero attached hydrogens (tertiary/aromatic N) is 1. The van der Waals surface area contributed by atoms with Gasteiger partial charge in [-0.15, -0.1) is 0 Å². The molecule has 0 spiro atoms. The molecule has 1 heterocycles. The van der Waals surface area contributed by atoms with E-state index >= 15 is 0 Å². The van der Waals surface area contributed by atoms with Crippen LogP contribution in [0.15, 0.2) is 59.1 Å². The summed E-state index contributed by atoms with van der Waals surface area (Å²) in [7, 11) is 0. The average molecular weight is 271 g/mol. The normalized spacial score (nSPS) is 10.6. The van der Waals surface area contributed by atoms with E-state index in [0.29, 0.717) is 10.9 Å². The topological polar surface area (TPSA) is 52.0 Å². The van der Waals surface area contributed by atoms with Crippen molar-refractivity contribution in [3.63, 3.8) is 0 Å². The van der Waals surface area contributed by atoms with Crippen molar-refractivity contribution in [3.8, 4) is 22.4 Å². The summed E-state index contributed by atoms with van der Waals surface area (Å²) in [5.74, 6) is 0.316. The SMILES string of the molecule is Nc1onc(-c2ccc(Cl)cc2)c1-c1ccccc1. The monoisotopic (exact) mass is 270 g/mol. The lowest BCUT2D eigenvalue weighted by atomic mass is 10.0. The molecule has 0 amide bonds. The molecule has 2 N–H and O–H groups in total. The standard InChI is InChI=1S/C15H11ClN2O/c16-12-8-6-11(7-9-12)14-13(15(17)19-18-14)10-4-2-1-3-5-10/h1-9H,17H2. The van der Waals surface area contributed by atoms with E-state index in [0.717, 1.165) is 22.4 Å². The first-order chi connectivity index (χ1) is 9.25. The third-order valence-electron chi connectivity index (χ3n) is 2.90. The summed E-state index contributed by atoms with van der Waals surface area (Å²) in [4.78, 5) is 0. The zero-order chi connectivity index (χ0) is 13.2. The van der Waals surface area contributed by atoms with Crippen LogP contribution < -0.4 is 5.73 Å². The maximum absolute atomic E-state index is 5.89. The van der Waals surface area contributed by atoms with Gasteiger partial charge in [0, 0.05) is 10.6 Å². The molecule has 3 aromatic rings. The van der Waals surface area contributed by atoms with E-state index in [1.807, 2.05) is 54.6 Å². The molecule has 3 rings (SSSR count). The summed E-state index contributed by atoms with van der Waals surface area (Å²) in [6.45, 7) is 0. The zero-order valence-electron chi connectivity index (χ0n) is 10.0. The molecule has 0 aliphatic heterocycles. The number of aromatic nitrogens is 1. The number of halogens is 1. The fourth-order valence-electron chi connectivity index (χ4n) is 1.99. The van der Waals surface area contributed by atoms with E-state index in [1.165, 1.54) is 0 Å². The molecule has 2 aromatic carbocycles. The smallest absolute Gasteiger partial charge is 0.230 e. The van der Waals surface area contributed by atoms with E-state index in [1.54, 1.807) is 0 Å². The van der Waals surface area contributed by atoms with Crippen molar-refractivity contribution < 1.29 is 4.52 Å². The number of benzene rings is 2. The molecule has 0 aliphatic rings. The van der Waals surface area contributed by atoms with Crippen molar-refractivity contribution in [1.82, 2.24) is 5.16 Å². The third kappa shape index (κ3) is 2.20. The summed E-state index contributed by atoms with van der Waals surface area (Å²) < 4.78 is 5.13. The molecule has 0 unspecified atom stereocenters. The number of hydrogen-bond donors (Lipinski definition) is 1. The Labute approximate surface area is 115 Å². The third-order valence-corrected chi connectivity index (χ3v) is 3.15. The second kappa shape index (κ2) is 4.78. The largest absolute Gasteiger partial charge is 0.367 e. The van der Waals surface area contributed by atoms with Crippen molar-refractivity contribution in [1.29, 1.82) is 0 Å². The summed E-state index contributed by atoms with van der Waals surface area (Å²) in [6.07, 6.45) is 0. The van der Waals surface area contributed by atoms with Crippen LogP contribution in [0.3, 0.4) is 0 Å². The number of hydrogen-bond acceptors (Lipinski definition) is 3. The fraction of sp³-hybridized carbons (Fsp3) is 0. The number of nitrogen functional groups attached to an aromatic ring is 1. The average Bonchev–Trinajstić information content (AvgIpc) is 2.82. The Kier molecular flexibility index (Phi) is 2.97. The van der Waals surface area contributed by atoms with Crippen molar-refractivity contribution in [2.45, 2.75) is 0 Å². The number of anilines is 1. The van der Waals surface area contributed by atoms with Gasteiger partial charge in [0.1, 0.15) is 5.69 Å². The van der Waals surface area contributed by atoms with Gasteiger partial charge in [0.25, 0.3) is 0 Å². The van der Waals surface area contributed by atoms with E-state index in [4.69, 9.17) is 21.9 Å². The molecule has 1 aromatic heterocycles. The minimum atomic E-state index is 0.316. The lowest BCUT2D eigenvalue weighted by Crippen LogP contribution is -1.87. The van der Waals surface area contributed by atoms with Crippen LogP contribution in [-0.2, 0) is 0 Å². The van der Waals surface area contributed by atoms with Crippen LogP contribution in [0.2, 0.25) is 5.02 Å². The fourth-order valence-corrected chi connectivity index (χ4v) is 2.12. The zero-order valence-corrected chi connectivity index (χ0v) is 10.8. The predicted octanol–water partition coefficient (Wildman–Crippen LogP) is 4.24. The highest BCUT2D eigenvalue weighted by molar-refractivity contribution is 6.30. The molecule has 4 heteroatoms. The summed E-state index contributed by atoms with van der Waals surface area (Å²) in [6, 6.07) is 17.2. The van der Waals surface area contributed by atoms with Crippen molar-refractivity contribution in [2.24, 2.45) is 0 Å². The van der Waals surface area contributed by atoms with E-state index in [9.17, 15) is 0 Å². The van der Waals surface area contributed by atoms with Crippen LogP contribution in [-0.4, -0.2) is 5.16 Å². The summed E-state index contributed by atoms with van der Waals surface area (Å²) in [5, 5.41) is 4.73. The molecular weight excluding hydrogens is 260 g/mol. The van der Waals surface area contributed by atoms with Gasteiger partial charge in [-0.1, -0.05) is 59.2 Å². The van der Waals surface area contributed by atoms with Crippen molar-refractivity contribution >= 4 is 17.5 Å². The van der Waals surface area contributed by atoms with Gasteiger partial charge in [-0.2, -0.15) is 0 Å². The van der Waals surface area contributed by atoms with Gasteiger partial charge in [0.05, 0.1) is 5.56 Å². The van der Waals surface area contributed by atoms with Gasteiger partial charge < -0.3 is 10.3 Å². The molecule has 19 heavy (non-hydrogen) atoms. The van der Waals surface area contributed by atoms with Crippen LogP contribution in [0.5, 0.6) is 0 Å². The minimum Gasteiger partial charge on any atom is -0.367 e. The number of rotatable bonds is 2. The minimum absolute atomic E-state index is 0.316. The lowest BCUT2D eigenvalue weighted by molar-refractivity contribution is 0.439. The molecular formula is C15H11ClN2O. The van der Waals surface area contributed by atoms with Gasteiger partial charge in [-0.3, -0.25) is 0 Å². The molecule has 0 atom stereocenters. The number of nitrogens with two attached hydrogens (primary N) is 1. The van der Waals surface area contributed by atoms with Crippen LogP contribution >= 0.6 is 11.6 Å². The van der Waals surface area contributed by atoms with Crippen LogP contribution in [0.25, 0.3) is 22.4 Å². The first kappa shape index (κ1) is 11.8. The lowest BCUT2D eigenvalue weighted by Gasteiger charge is -2.02. The Morgan fingerprint density at radius 1 is 0.895 bits per heavy atom. The first-order valence-corrected chi connectivity index (χ1v) is 6.20. The highest BCUT2D eigenvalue weighted by Gasteiger charge is 2.16. The second-order valence-electron chi connectivity index (χ2n) is 4.14. The van der Waals surface area contributed by atoms with Gasteiger partial charge in [-0.05, 0) is 17.7 Å². The highest BCUT2D eigenvalue weighted by atomic mass is 35.5. The molecule has 0 bridgehead atoms. The molecule has 0 radical (unpaired) electrons. The second-order valence-corrected chi connectivity index (χ2v) is 4.58.